The van der Waals surface area contributed by atoms with Crippen molar-refractivity contribution in [3.63, 3.8) is 0 Å². The Morgan fingerprint density at radius 1 is 1.17 bits per heavy atom. The fourth-order valence-electron chi connectivity index (χ4n) is 1.94. The molecule has 0 aliphatic heterocycles. The van der Waals surface area contributed by atoms with E-state index in [0.29, 0.717) is 0 Å². The molecule has 0 aliphatic carbocycles. The number of fused-ring (bicyclic) bond motifs is 1. The van der Waals surface area contributed by atoms with Crippen LogP contribution in [0.5, 0.6) is 5.75 Å². The van der Waals surface area contributed by atoms with Gasteiger partial charge in [-0.1, -0.05) is 18.2 Å². The number of nitrogens with zero attached hydrogens (tertiary/aromatic N) is 3. The summed E-state index contributed by atoms with van der Waals surface area (Å²) in [6.07, 6.45) is 1.89. The number of nitrogen functional groups attached to an aromatic ring is 1. The van der Waals surface area contributed by atoms with Gasteiger partial charge in [-0.05, 0) is 18.2 Å². The molecule has 0 unspecified atom stereocenters. The molecule has 0 saturated carbocycles. The van der Waals surface area contributed by atoms with Gasteiger partial charge in [-0.25, -0.2) is 4.52 Å². The van der Waals surface area contributed by atoms with Crippen molar-refractivity contribution in [2.75, 3.05) is 12.8 Å². The van der Waals surface area contributed by atoms with E-state index in [4.69, 9.17) is 10.5 Å². The molecule has 2 aromatic heterocycles. The molecule has 90 valence electrons. The van der Waals surface area contributed by atoms with Gasteiger partial charge < -0.3 is 10.5 Å². The van der Waals surface area contributed by atoms with Gasteiger partial charge in [-0.2, -0.15) is 4.98 Å². The first kappa shape index (κ1) is 10.6. The van der Waals surface area contributed by atoms with Gasteiger partial charge in [0, 0.05) is 17.3 Å². The number of aromatic nitrogens is 3. The van der Waals surface area contributed by atoms with Gasteiger partial charge in [0.25, 0.3) is 0 Å². The summed E-state index contributed by atoms with van der Waals surface area (Å²) in [4.78, 5) is 4.09. The summed E-state index contributed by atoms with van der Waals surface area (Å²) in [5, 5.41) is 4.10. The van der Waals surface area contributed by atoms with E-state index in [9.17, 15) is 0 Å². The number of nitrogens with two attached hydrogens (primary N) is 1. The summed E-state index contributed by atoms with van der Waals surface area (Å²) < 4.78 is 7.01. The molecule has 1 aromatic carbocycles. The van der Waals surface area contributed by atoms with Gasteiger partial charge in [0.05, 0.1) is 7.11 Å². The number of rotatable bonds is 2. The van der Waals surface area contributed by atoms with E-state index in [2.05, 4.69) is 10.1 Å². The number of benzene rings is 1. The Bertz CT molecular complexity index is 705. The van der Waals surface area contributed by atoms with Crippen LogP contribution in [0.4, 0.5) is 5.95 Å². The summed E-state index contributed by atoms with van der Waals surface area (Å²) in [5.41, 5.74) is 8.31. The smallest absolute Gasteiger partial charge is 0.240 e. The lowest BCUT2D eigenvalue weighted by Gasteiger charge is -2.07. The Balaban J connectivity index is 2.18. The zero-order valence-electron chi connectivity index (χ0n) is 9.87. The molecule has 0 amide bonds. The van der Waals surface area contributed by atoms with Gasteiger partial charge >= 0.3 is 0 Å². The SMILES string of the molecule is COc1ccccc1-c1ccc2nc(N)nn2c1. The lowest BCUT2D eigenvalue weighted by atomic mass is 10.1. The van der Waals surface area contributed by atoms with Crippen molar-refractivity contribution < 1.29 is 4.74 Å². The van der Waals surface area contributed by atoms with Crippen molar-refractivity contribution in [2.45, 2.75) is 0 Å². The maximum absolute atomic E-state index is 5.57. The molecule has 0 radical (unpaired) electrons. The minimum Gasteiger partial charge on any atom is -0.496 e. The van der Waals surface area contributed by atoms with E-state index < -0.39 is 0 Å². The number of ether oxygens (including phenoxy) is 1. The molecular weight excluding hydrogens is 228 g/mol. The number of hydrogen-bond donors (Lipinski definition) is 1. The van der Waals surface area contributed by atoms with Crippen LogP contribution in [0.15, 0.2) is 42.6 Å². The van der Waals surface area contributed by atoms with E-state index in [1.54, 1.807) is 11.6 Å². The van der Waals surface area contributed by atoms with E-state index >= 15 is 0 Å². The highest BCUT2D eigenvalue weighted by molar-refractivity contribution is 5.70. The molecule has 3 aromatic rings. The van der Waals surface area contributed by atoms with Crippen LogP contribution in [0, 0.1) is 0 Å². The Labute approximate surface area is 104 Å². The summed E-state index contributed by atoms with van der Waals surface area (Å²) in [6, 6.07) is 11.7. The van der Waals surface area contributed by atoms with E-state index in [1.807, 2.05) is 42.6 Å². The molecule has 0 spiro atoms. The average Bonchev–Trinajstić information content (AvgIpc) is 2.77. The maximum atomic E-state index is 5.57. The zero-order chi connectivity index (χ0) is 12.5. The standard InChI is InChI=1S/C13H12N4O/c1-18-11-5-3-2-4-10(11)9-6-7-12-15-13(14)16-17(12)8-9/h2-8H,1H3,(H2,14,16). The Morgan fingerprint density at radius 2 is 2.00 bits per heavy atom. The fourth-order valence-corrected chi connectivity index (χ4v) is 1.94. The van der Waals surface area contributed by atoms with Crippen LogP contribution in [0.1, 0.15) is 0 Å². The Morgan fingerprint density at radius 3 is 2.83 bits per heavy atom. The molecule has 0 atom stereocenters. The predicted molar refractivity (Wildman–Crippen MR) is 69.4 cm³/mol. The van der Waals surface area contributed by atoms with Crippen LogP contribution in [-0.4, -0.2) is 21.7 Å². The van der Waals surface area contributed by atoms with Gasteiger partial charge in [0.2, 0.25) is 5.95 Å². The lowest BCUT2D eigenvalue weighted by molar-refractivity contribution is 0.416. The van der Waals surface area contributed by atoms with Crippen LogP contribution in [-0.2, 0) is 0 Å². The molecule has 5 nitrogen and oxygen atoms in total. The minimum atomic E-state index is 0.271. The molecule has 0 saturated heterocycles. The van der Waals surface area contributed by atoms with E-state index in [-0.39, 0.29) is 5.95 Å². The second-order valence-corrected chi connectivity index (χ2v) is 3.89. The number of hydrogen-bond acceptors (Lipinski definition) is 4. The average molecular weight is 240 g/mol. The number of anilines is 1. The molecular formula is C13H12N4O. The van der Waals surface area contributed by atoms with Crippen LogP contribution in [0.3, 0.4) is 0 Å². The summed E-state index contributed by atoms with van der Waals surface area (Å²) >= 11 is 0. The maximum Gasteiger partial charge on any atom is 0.240 e. The molecule has 18 heavy (non-hydrogen) atoms. The van der Waals surface area contributed by atoms with Crippen molar-refractivity contribution in [3.05, 3.63) is 42.6 Å². The van der Waals surface area contributed by atoms with Gasteiger partial charge in [0.15, 0.2) is 5.65 Å². The fraction of sp³-hybridized carbons (Fsp3) is 0.0769. The monoisotopic (exact) mass is 240 g/mol. The molecule has 3 rings (SSSR count). The molecule has 0 aliphatic rings. The third kappa shape index (κ3) is 1.66. The third-order valence-electron chi connectivity index (χ3n) is 2.77. The quantitative estimate of drug-likeness (QED) is 0.744. The van der Waals surface area contributed by atoms with Gasteiger partial charge in [-0.3, -0.25) is 0 Å². The second-order valence-electron chi connectivity index (χ2n) is 3.89. The minimum absolute atomic E-state index is 0.271. The highest BCUT2D eigenvalue weighted by Gasteiger charge is 2.07. The summed E-state index contributed by atoms with van der Waals surface area (Å²) in [7, 11) is 1.66. The first-order chi connectivity index (χ1) is 8.78. The predicted octanol–water partition coefficient (Wildman–Crippen LogP) is 1.99. The third-order valence-corrected chi connectivity index (χ3v) is 2.77. The molecule has 2 N–H and O–H groups in total. The normalized spacial score (nSPS) is 10.7. The number of pyridine rings is 1. The van der Waals surface area contributed by atoms with Gasteiger partial charge in [-0.15, -0.1) is 5.10 Å². The van der Waals surface area contributed by atoms with Crippen LogP contribution in [0.2, 0.25) is 0 Å². The molecule has 0 fully saturated rings. The second kappa shape index (κ2) is 4.03. The molecule has 2 heterocycles. The number of methoxy groups -OCH3 is 1. The van der Waals surface area contributed by atoms with Crippen molar-refractivity contribution in [1.82, 2.24) is 14.6 Å². The first-order valence-electron chi connectivity index (χ1n) is 5.53. The van der Waals surface area contributed by atoms with Gasteiger partial charge in [0.1, 0.15) is 5.75 Å². The van der Waals surface area contributed by atoms with E-state index in [1.165, 1.54) is 0 Å². The van der Waals surface area contributed by atoms with Crippen molar-refractivity contribution in [2.24, 2.45) is 0 Å². The highest BCUT2D eigenvalue weighted by Crippen LogP contribution is 2.29. The number of para-hydroxylation sites is 1. The topological polar surface area (TPSA) is 65.4 Å². The van der Waals surface area contributed by atoms with Crippen LogP contribution < -0.4 is 10.5 Å². The summed E-state index contributed by atoms with van der Waals surface area (Å²) in [6.45, 7) is 0. The van der Waals surface area contributed by atoms with Crippen molar-refractivity contribution in [3.8, 4) is 16.9 Å². The zero-order valence-corrected chi connectivity index (χ0v) is 9.87. The van der Waals surface area contributed by atoms with Crippen molar-refractivity contribution in [1.29, 1.82) is 0 Å². The molecule has 0 bridgehead atoms. The summed E-state index contributed by atoms with van der Waals surface area (Å²) in [5.74, 6) is 1.09. The highest BCUT2D eigenvalue weighted by atomic mass is 16.5. The lowest BCUT2D eigenvalue weighted by Crippen LogP contribution is -1.92. The Kier molecular flexibility index (Phi) is 2.37. The first-order valence-corrected chi connectivity index (χ1v) is 5.53. The van der Waals surface area contributed by atoms with Crippen molar-refractivity contribution >= 4 is 11.6 Å². The van der Waals surface area contributed by atoms with E-state index in [0.717, 1.165) is 22.5 Å². The van der Waals surface area contributed by atoms with Crippen LogP contribution >= 0.6 is 0 Å². The molecule has 5 heteroatoms. The largest absolute Gasteiger partial charge is 0.496 e. The van der Waals surface area contributed by atoms with Crippen LogP contribution in [0.25, 0.3) is 16.8 Å². The Hall–Kier alpha value is -2.56.